The van der Waals surface area contributed by atoms with E-state index in [2.05, 4.69) is 15.5 Å². The summed E-state index contributed by atoms with van der Waals surface area (Å²) < 4.78 is 0. The van der Waals surface area contributed by atoms with Crippen LogP contribution in [-0.4, -0.2) is 43.0 Å². The minimum Gasteiger partial charge on any atom is -0.397 e. The third kappa shape index (κ3) is 2.97. The van der Waals surface area contributed by atoms with Crippen LogP contribution in [0.3, 0.4) is 0 Å². The number of nitrogen functional groups attached to an aromatic ring is 1. The molecule has 1 aromatic rings. The number of hydrogen-bond acceptors (Lipinski definition) is 4. The van der Waals surface area contributed by atoms with E-state index in [0.29, 0.717) is 23.8 Å². The van der Waals surface area contributed by atoms with Crippen molar-refractivity contribution in [3.8, 4) is 0 Å². The molecule has 1 unspecified atom stereocenters. The average molecular weight is 288 g/mol. The van der Waals surface area contributed by atoms with Gasteiger partial charge in [0.1, 0.15) is 0 Å². The normalized spacial score (nSPS) is 27.4. The molecule has 0 saturated carbocycles. The summed E-state index contributed by atoms with van der Waals surface area (Å²) in [4.78, 5) is 14.3. The lowest BCUT2D eigenvalue weighted by molar-refractivity contribution is 0.0955. The molecular weight excluding hydrogens is 264 g/mol. The third-order valence-electron chi connectivity index (χ3n) is 4.65. The number of nitrogens with one attached hydrogen (secondary N) is 2. The first-order valence-corrected chi connectivity index (χ1v) is 7.84. The molecule has 3 aliphatic heterocycles. The minimum atomic E-state index is -0.0708. The average Bonchev–Trinajstić information content (AvgIpc) is 2.51. The molecule has 0 spiro atoms. The Kier molecular flexibility index (Phi) is 4.01. The Bertz CT molecular complexity index is 523. The molecule has 0 aromatic heterocycles. The van der Waals surface area contributed by atoms with Gasteiger partial charge in [-0.15, -0.1) is 0 Å². The van der Waals surface area contributed by atoms with Gasteiger partial charge in [-0.3, -0.25) is 4.79 Å². The first-order chi connectivity index (χ1) is 10.2. The van der Waals surface area contributed by atoms with Crippen LogP contribution in [0.25, 0.3) is 0 Å². The van der Waals surface area contributed by atoms with Crippen LogP contribution in [0, 0.1) is 5.92 Å². The molecule has 1 amide bonds. The van der Waals surface area contributed by atoms with Crippen LogP contribution in [-0.2, 0) is 0 Å². The first-order valence-electron chi connectivity index (χ1n) is 7.84. The largest absolute Gasteiger partial charge is 0.397 e. The van der Waals surface area contributed by atoms with Crippen molar-refractivity contribution in [2.24, 2.45) is 5.92 Å². The van der Waals surface area contributed by atoms with Crippen LogP contribution in [0.1, 0.15) is 30.1 Å². The van der Waals surface area contributed by atoms with Crippen molar-refractivity contribution in [1.82, 2.24) is 10.2 Å². The van der Waals surface area contributed by atoms with Gasteiger partial charge in [-0.1, -0.05) is 0 Å². The maximum Gasteiger partial charge on any atom is 0.251 e. The van der Waals surface area contributed by atoms with Crippen molar-refractivity contribution >= 4 is 17.3 Å². The second kappa shape index (κ2) is 5.93. The van der Waals surface area contributed by atoms with Crippen LogP contribution < -0.4 is 16.4 Å². The quantitative estimate of drug-likeness (QED) is 0.735. The van der Waals surface area contributed by atoms with Crippen LogP contribution >= 0.6 is 0 Å². The fraction of sp³-hybridized carbons (Fsp3) is 0.562. The molecule has 3 heterocycles. The summed E-state index contributed by atoms with van der Waals surface area (Å²) in [5, 5.41) is 6.37. The standard InChI is InChI=1S/C16H24N4O/c1-2-18-16(21)12-3-4-14(13(17)9-12)19-15-10-20-7-5-11(15)6-8-20/h3-4,9,11,15,19H,2,5-8,10,17H2,1H3,(H,18,21). The highest BCUT2D eigenvalue weighted by Gasteiger charge is 2.34. The van der Waals surface area contributed by atoms with E-state index in [1.807, 2.05) is 19.1 Å². The van der Waals surface area contributed by atoms with Gasteiger partial charge in [0.2, 0.25) is 0 Å². The predicted molar refractivity (Wildman–Crippen MR) is 85.4 cm³/mol. The number of nitrogens with two attached hydrogens (primary N) is 1. The van der Waals surface area contributed by atoms with Gasteiger partial charge in [-0.05, 0) is 57.0 Å². The summed E-state index contributed by atoms with van der Waals surface area (Å²) >= 11 is 0. The number of rotatable bonds is 4. The molecule has 2 bridgehead atoms. The molecule has 5 heteroatoms. The van der Waals surface area contributed by atoms with E-state index in [0.717, 1.165) is 18.2 Å². The number of carbonyl (C=O) groups is 1. The zero-order chi connectivity index (χ0) is 14.8. The lowest BCUT2D eigenvalue weighted by atomic mass is 9.84. The molecule has 3 aliphatic rings. The highest BCUT2D eigenvalue weighted by molar-refractivity contribution is 5.96. The van der Waals surface area contributed by atoms with Gasteiger partial charge < -0.3 is 21.3 Å². The van der Waals surface area contributed by atoms with Crippen molar-refractivity contribution in [2.45, 2.75) is 25.8 Å². The molecule has 3 saturated heterocycles. The molecular formula is C16H24N4O. The number of anilines is 2. The van der Waals surface area contributed by atoms with E-state index in [1.165, 1.54) is 25.9 Å². The third-order valence-corrected chi connectivity index (χ3v) is 4.65. The smallest absolute Gasteiger partial charge is 0.251 e. The Balaban J connectivity index is 1.70. The fourth-order valence-electron chi connectivity index (χ4n) is 3.43. The number of piperidine rings is 3. The molecule has 114 valence electrons. The summed E-state index contributed by atoms with van der Waals surface area (Å²) in [6.45, 7) is 6.09. The summed E-state index contributed by atoms with van der Waals surface area (Å²) in [7, 11) is 0. The summed E-state index contributed by atoms with van der Waals surface area (Å²) in [6, 6.07) is 6.00. The van der Waals surface area contributed by atoms with E-state index < -0.39 is 0 Å². The van der Waals surface area contributed by atoms with Crippen LogP contribution in [0.2, 0.25) is 0 Å². The van der Waals surface area contributed by atoms with Crippen molar-refractivity contribution in [3.05, 3.63) is 23.8 Å². The van der Waals surface area contributed by atoms with Gasteiger partial charge in [0, 0.05) is 24.7 Å². The molecule has 3 fully saturated rings. The highest BCUT2D eigenvalue weighted by Crippen LogP contribution is 2.31. The number of nitrogens with zero attached hydrogens (tertiary/aromatic N) is 1. The lowest BCUT2D eigenvalue weighted by Crippen LogP contribution is -2.53. The first kappa shape index (κ1) is 14.2. The van der Waals surface area contributed by atoms with E-state index in [9.17, 15) is 4.79 Å². The summed E-state index contributed by atoms with van der Waals surface area (Å²) in [5.74, 6) is 0.677. The Labute approximate surface area is 125 Å². The second-order valence-corrected chi connectivity index (χ2v) is 6.05. The van der Waals surface area contributed by atoms with Gasteiger partial charge in [0.15, 0.2) is 0 Å². The molecule has 21 heavy (non-hydrogen) atoms. The number of benzene rings is 1. The van der Waals surface area contributed by atoms with Crippen molar-refractivity contribution < 1.29 is 4.79 Å². The van der Waals surface area contributed by atoms with Crippen LogP contribution in [0.15, 0.2) is 18.2 Å². The summed E-state index contributed by atoms with van der Waals surface area (Å²) in [6.07, 6.45) is 2.54. The van der Waals surface area contributed by atoms with Crippen molar-refractivity contribution in [1.29, 1.82) is 0 Å². The maximum atomic E-state index is 11.8. The van der Waals surface area contributed by atoms with Crippen molar-refractivity contribution in [3.63, 3.8) is 0 Å². The topological polar surface area (TPSA) is 70.4 Å². The number of fused-ring (bicyclic) bond motifs is 3. The number of hydrogen-bond donors (Lipinski definition) is 3. The van der Waals surface area contributed by atoms with Crippen LogP contribution in [0.4, 0.5) is 11.4 Å². The highest BCUT2D eigenvalue weighted by atomic mass is 16.1. The Morgan fingerprint density at radius 3 is 2.71 bits per heavy atom. The van der Waals surface area contributed by atoms with Gasteiger partial charge >= 0.3 is 0 Å². The molecule has 1 aromatic carbocycles. The molecule has 4 N–H and O–H groups in total. The fourth-order valence-corrected chi connectivity index (χ4v) is 3.43. The van der Waals surface area contributed by atoms with E-state index in [4.69, 9.17) is 5.73 Å². The molecule has 0 radical (unpaired) electrons. The minimum absolute atomic E-state index is 0.0708. The molecule has 0 aliphatic carbocycles. The van der Waals surface area contributed by atoms with Crippen LogP contribution in [0.5, 0.6) is 0 Å². The SMILES string of the molecule is CCNC(=O)c1ccc(NC2CN3CCC2CC3)c(N)c1. The monoisotopic (exact) mass is 288 g/mol. The Morgan fingerprint density at radius 2 is 2.14 bits per heavy atom. The number of amides is 1. The Hall–Kier alpha value is -1.75. The predicted octanol–water partition coefficient (Wildman–Crippen LogP) is 1.52. The molecule has 5 nitrogen and oxygen atoms in total. The lowest BCUT2D eigenvalue weighted by Gasteiger charge is -2.45. The molecule has 1 atom stereocenters. The maximum absolute atomic E-state index is 11.8. The van der Waals surface area contributed by atoms with Gasteiger partial charge in [0.25, 0.3) is 5.91 Å². The molecule has 4 rings (SSSR count). The zero-order valence-corrected chi connectivity index (χ0v) is 12.6. The zero-order valence-electron chi connectivity index (χ0n) is 12.6. The van der Waals surface area contributed by atoms with Gasteiger partial charge in [0.05, 0.1) is 11.4 Å². The van der Waals surface area contributed by atoms with E-state index in [1.54, 1.807) is 6.07 Å². The van der Waals surface area contributed by atoms with Gasteiger partial charge in [-0.2, -0.15) is 0 Å². The van der Waals surface area contributed by atoms with Gasteiger partial charge in [-0.25, -0.2) is 0 Å². The van der Waals surface area contributed by atoms with E-state index in [-0.39, 0.29) is 5.91 Å². The number of carbonyl (C=O) groups excluding carboxylic acids is 1. The van der Waals surface area contributed by atoms with E-state index >= 15 is 0 Å². The Morgan fingerprint density at radius 1 is 1.38 bits per heavy atom. The summed E-state index contributed by atoms with van der Waals surface area (Å²) in [5.41, 5.74) is 8.33. The second-order valence-electron chi connectivity index (χ2n) is 6.05. The van der Waals surface area contributed by atoms with Crippen molar-refractivity contribution in [2.75, 3.05) is 37.2 Å².